The molecule has 3 aliphatic rings. The number of tetrazole rings is 1. The fraction of sp³-hybridized carbons (Fsp3) is 0.641. The number of hydrogen-bond acceptors (Lipinski definition) is 14. The Kier molecular flexibility index (Phi) is 35.6. The van der Waals surface area contributed by atoms with Gasteiger partial charge in [0.2, 0.25) is 0 Å². The summed E-state index contributed by atoms with van der Waals surface area (Å²) in [5.41, 5.74) is 6.90. The Morgan fingerprint density at radius 3 is 1.18 bits per heavy atom. The predicted octanol–water partition coefficient (Wildman–Crippen LogP) is 19.8. The van der Waals surface area contributed by atoms with Crippen molar-refractivity contribution in [3.63, 3.8) is 0 Å². The van der Waals surface area contributed by atoms with Gasteiger partial charge in [0.1, 0.15) is 12.5 Å². The zero-order chi connectivity index (χ0) is 72.8. The Balaban J connectivity index is 0.000000528. The maximum Gasteiger partial charge on any atom is 0.438 e. The van der Waals surface area contributed by atoms with Crippen LogP contribution in [0.5, 0.6) is 0 Å². The SMILES string of the molecule is CC(C)(C)C1CCCC1.CC(C)(C)C1CCSC1.CC(C)(C)C1N=CC=N1.CC(C)(C)c1ccccn1.CC(C)(C)c1ccccn1.CC(C)(C)c1ccncc1.CC(C)(C)c1ccncn1.CC(C)(C)c1nn[nH]n1.CC(C)(C)c1noc(=O)[nH]1.CC(C)(C)n1cccc1. The van der Waals surface area contributed by atoms with Crippen molar-refractivity contribution in [2.45, 2.75) is 284 Å². The molecule has 2 N–H and O–H groups in total. The van der Waals surface area contributed by atoms with Crippen LogP contribution < -0.4 is 5.76 Å². The number of aromatic nitrogens is 12. The fourth-order valence-corrected chi connectivity index (χ4v) is 10.3. The molecule has 16 nitrogen and oxygen atoms in total. The lowest BCUT2D eigenvalue weighted by Gasteiger charge is -2.26. The lowest BCUT2D eigenvalue weighted by molar-refractivity contribution is 0.246. The van der Waals surface area contributed by atoms with Crippen molar-refractivity contribution in [3.8, 4) is 0 Å². The van der Waals surface area contributed by atoms with Crippen molar-refractivity contribution in [3.05, 3.63) is 161 Å². The zero-order valence-electron chi connectivity index (χ0n) is 64.9. The van der Waals surface area contributed by atoms with E-state index in [1.807, 2.05) is 109 Å². The molecule has 0 bridgehead atoms. The third-order valence-corrected chi connectivity index (χ3v) is 16.5. The summed E-state index contributed by atoms with van der Waals surface area (Å²) in [6.45, 7) is 65.0. The summed E-state index contributed by atoms with van der Waals surface area (Å²) < 4.78 is 6.52. The summed E-state index contributed by atoms with van der Waals surface area (Å²) in [5.74, 6) is 5.61. The van der Waals surface area contributed by atoms with Crippen LogP contribution in [0.4, 0.5) is 0 Å². The highest BCUT2D eigenvalue weighted by atomic mass is 32.2. The lowest BCUT2D eigenvalue weighted by Crippen LogP contribution is -2.20. The fourth-order valence-electron chi connectivity index (χ4n) is 8.75. The molecule has 0 amide bonds. The Morgan fingerprint density at radius 1 is 0.484 bits per heavy atom. The van der Waals surface area contributed by atoms with E-state index in [-0.39, 0.29) is 49.6 Å². The van der Waals surface area contributed by atoms with Crippen LogP contribution in [0.25, 0.3) is 0 Å². The first kappa shape index (κ1) is 86.5. The maximum atomic E-state index is 10.5. The first-order valence-corrected chi connectivity index (χ1v) is 35.2. The van der Waals surface area contributed by atoms with Gasteiger partial charge in [-0.05, 0) is 140 Å². The number of rotatable bonds is 0. The van der Waals surface area contributed by atoms with Gasteiger partial charge in [0.05, 0.1) is 0 Å². The zero-order valence-corrected chi connectivity index (χ0v) is 65.7. The minimum atomic E-state index is -0.495. The van der Waals surface area contributed by atoms with E-state index in [0.717, 1.165) is 34.7 Å². The second-order valence-corrected chi connectivity index (χ2v) is 36.0. The molecule has 95 heavy (non-hydrogen) atoms. The van der Waals surface area contributed by atoms with Crippen molar-refractivity contribution in [1.82, 2.24) is 60.3 Å². The minimum absolute atomic E-state index is 0.00694. The van der Waals surface area contributed by atoms with E-state index in [9.17, 15) is 4.79 Å². The van der Waals surface area contributed by atoms with Gasteiger partial charge >= 0.3 is 5.76 Å². The third kappa shape index (κ3) is 38.1. The molecule has 2 aliphatic heterocycles. The summed E-state index contributed by atoms with van der Waals surface area (Å²) in [7, 11) is 0. The number of thioether (sulfide) groups is 1. The highest BCUT2D eigenvalue weighted by molar-refractivity contribution is 7.99. The summed E-state index contributed by atoms with van der Waals surface area (Å²) in [5, 5.41) is 17.1. The topological polar surface area (TPSA) is 207 Å². The van der Waals surface area contributed by atoms with Crippen LogP contribution in [0.3, 0.4) is 0 Å². The van der Waals surface area contributed by atoms with Crippen molar-refractivity contribution in [1.29, 1.82) is 0 Å². The molecule has 0 spiro atoms. The molecule has 2 fully saturated rings. The quantitative estimate of drug-likeness (QED) is 0.145. The standard InChI is InChI=1S/3C9H13N.C9H18.C8H12N2.C8H13N.C8H16S.C7H12N2.C6H10N2O2.C5H10N4/c1-9(2,3)8-4-6-10-7-5-8;2*1-9(2,3)8-6-4-5-7-10-8;1-9(2,3)8-6-4-5-7-8;1-8(2,3)7-4-5-9-6-10-7;1-8(2,3)9-6-4-5-7-9;1-8(2,3)7-4-5-9-6-7;1-7(2,3)6-8-4-5-9-6;1-6(2,3)4-7-5(9)10-8-4;1-5(2,3)4-6-8-9-7-4/h3*4-7H,1-3H3;8H,4-7H2,1-3H3;4-6H,1-3H3;4-7H,1-3H3;7H,4-6H2,1-3H3;4-6H,1-3H3;1-3H3,(H,7,8,9);1-3H3,(H,6,7,8,9). The van der Waals surface area contributed by atoms with Crippen molar-refractivity contribution < 1.29 is 4.52 Å². The molecule has 1 aliphatic carbocycles. The van der Waals surface area contributed by atoms with Gasteiger partial charge in [-0.25, -0.2) is 14.8 Å². The summed E-state index contributed by atoms with van der Waals surface area (Å²) in [6.07, 6.45) is 25.9. The Morgan fingerprint density at radius 2 is 0.958 bits per heavy atom. The molecular weight excluding hydrogens is 1200 g/mol. The lowest BCUT2D eigenvalue weighted by atomic mass is 9.80. The largest absolute Gasteiger partial charge is 0.438 e. The molecule has 17 heteroatoms. The number of nitrogens with one attached hydrogen (secondary N) is 2. The average Bonchev–Trinajstić information content (AvgIpc) is 1.94. The van der Waals surface area contributed by atoms with Crippen LogP contribution in [0.2, 0.25) is 0 Å². The normalized spacial score (nSPS) is 15.1. The molecule has 7 aromatic heterocycles. The van der Waals surface area contributed by atoms with Gasteiger partial charge in [0, 0.05) is 111 Å². The van der Waals surface area contributed by atoms with E-state index in [1.54, 1.807) is 25.0 Å². The molecular formula is C78H130N14O2S. The first-order valence-electron chi connectivity index (χ1n) is 34.0. The molecule has 530 valence electrons. The molecule has 7 aromatic rings. The van der Waals surface area contributed by atoms with Crippen LogP contribution in [0.15, 0.2) is 136 Å². The first-order chi connectivity index (χ1) is 43.4. The van der Waals surface area contributed by atoms with E-state index in [4.69, 9.17) is 0 Å². The molecule has 0 aromatic carbocycles. The van der Waals surface area contributed by atoms with Crippen molar-refractivity contribution in [2.24, 2.45) is 38.1 Å². The Bertz CT molecular complexity index is 2870. The van der Waals surface area contributed by atoms with Gasteiger partial charge in [0.15, 0.2) is 11.6 Å². The van der Waals surface area contributed by atoms with Gasteiger partial charge in [0.25, 0.3) is 0 Å². The van der Waals surface area contributed by atoms with Crippen LogP contribution in [0.1, 0.15) is 274 Å². The monoisotopic (exact) mass is 1330 g/mol. The summed E-state index contributed by atoms with van der Waals surface area (Å²) in [6, 6.07) is 22.2. The smallest absolute Gasteiger partial charge is 0.349 e. The van der Waals surface area contributed by atoms with Gasteiger partial charge < -0.3 is 4.57 Å². The number of nitrogens with zero attached hydrogens (tertiary/aromatic N) is 12. The molecule has 1 unspecified atom stereocenters. The highest BCUT2D eigenvalue weighted by Crippen LogP contribution is 2.39. The van der Waals surface area contributed by atoms with E-state index in [2.05, 4.69) is 289 Å². The predicted molar refractivity (Wildman–Crippen MR) is 404 cm³/mol. The summed E-state index contributed by atoms with van der Waals surface area (Å²) in [4.78, 5) is 41.7. The minimum Gasteiger partial charge on any atom is -0.349 e. The van der Waals surface area contributed by atoms with Crippen molar-refractivity contribution >= 4 is 24.2 Å². The molecule has 10 rings (SSSR count). The van der Waals surface area contributed by atoms with E-state index >= 15 is 0 Å². The van der Waals surface area contributed by atoms with Crippen LogP contribution in [-0.2, 0) is 38.0 Å². The van der Waals surface area contributed by atoms with Gasteiger partial charge in [-0.15, -0.1) is 10.2 Å². The van der Waals surface area contributed by atoms with E-state index in [0.29, 0.717) is 16.7 Å². The maximum absolute atomic E-state index is 10.5. The van der Waals surface area contributed by atoms with Gasteiger partial charge in [-0.3, -0.25) is 34.4 Å². The average molecular weight is 1330 g/mol. The second-order valence-electron chi connectivity index (χ2n) is 34.8. The third-order valence-electron chi connectivity index (χ3n) is 15.3. The number of pyridine rings is 3. The summed E-state index contributed by atoms with van der Waals surface area (Å²) >= 11 is 2.11. The number of hydrogen-bond donors (Lipinski definition) is 2. The molecule has 0 radical (unpaired) electrons. The second kappa shape index (κ2) is 39.0. The van der Waals surface area contributed by atoms with Crippen LogP contribution in [0, 0.1) is 28.1 Å². The van der Waals surface area contributed by atoms with Crippen molar-refractivity contribution in [2.75, 3.05) is 11.5 Å². The van der Waals surface area contributed by atoms with E-state index < -0.39 is 5.76 Å². The van der Waals surface area contributed by atoms with Crippen LogP contribution in [-0.4, -0.2) is 90.4 Å². The van der Waals surface area contributed by atoms with Gasteiger partial charge in [-0.1, -0.05) is 222 Å². The Hall–Kier alpha value is -6.49. The molecule has 9 heterocycles. The number of aliphatic imine (C=N–C) groups is 2. The Labute approximate surface area is 580 Å². The van der Waals surface area contributed by atoms with Crippen LogP contribution >= 0.6 is 11.8 Å². The highest BCUT2D eigenvalue weighted by Gasteiger charge is 2.29. The van der Waals surface area contributed by atoms with Gasteiger partial charge in [-0.2, -0.15) is 17.0 Å². The molecule has 1 atom stereocenters. The van der Waals surface area contributed by atoms with E-state index in [1.165, 1.54) is 49.2 Å². The molecule has 1 saturated carbocycles. The number of aromatic amines is 2. The molecule has 1 saturated heterocycles. The number of H-pyrrole nitrogens is 2.